The summed E-state index contributed by atoms with van der Waals surface area (Å²) in [5.41, 5.74) is 8.97. The fourth-order valence-corrected chi connectivity index (χ4v) is 3.51. The van der Waals surface area contributed by atoms with Gasteiger partial charge in [0.15, 0.2) is 0 Å². The molecule has 0 radical (unpaired) electrons. The molecule has 1 saturated carbocycles. The molecule has 0 aromatic heterocycles. The Kier molecular flexibility index (Phi) is 5.45. The van der Waals surface area contributed by atoms with Crippen molar-refractivity contribution in [1.82, 2.24) is 0 Å². The van der Waals surface area contributed by atoms with Crippen LogP contribution in [0.15, 0.2) is 24.3 Å². The van der Waals surface area contributed by atoms with E-state index in [2.05, 4.69) is 38.1 Å². The van der Waals surface area contributed by atoms with Crippen LogP contribution in [0.2, 0.25) is 0 Å². The maximum atomic E-state index is 6.05. The lowest BCUT2D eigenvalue weighted by Crippen LogP contribution is -2.23. The van der Waals surface area contributed by atoms with Crippen LogP contribution in [0, 0.1) is 11.8 Å². The lowest BCUT2D eigenvalue weighted by Gasteiger charge is -2.30. The van der Waals surface area contributed by atoms with Crippen molar-refractivity contribution < 1.29 is 0 Å². The standard InChI is InChI=1S/C18H29N/c1-14(2)12-15-8-10-17(11-9-15)18(13-19)16-6-4-3-5-7-16/h8-11,14,16,18H,3-7,12-13,19H2,1-2H3. The monoisotopic (exact) mass is 259 g/mol. The minimum absolute atomic E-state index is 0.577. The van der Waals surface area contributed by atoms with E-state index in [1.807, 2.05) is 0 Å². The van der Waals surface area contributed by atoms with Gasteiger partial charge in [-0.3, -0.25) is 0 Å². The van der Waals surface area contributed by atoms with Gasteiger partial charge >= 0.3 is 0 Å². The maximum absolute atomic E-state index is 6.05. The van der Waals surface area contributed by atoms with Crippen molar-refractivity contribution in [2.75, 3.05) is 6.54 Å². The van der Waals surface area contributed by atoms with Crippen LogP contribution in [-0.4, -0.2) is 6.54 Å². The summed E-state index contributed by atoms with van der Waals surface area (Å²) >= 11 is 0. The molecule has 2 N–H and O–H groups in total. The summed E-state index contributed by atoms with van der Waals surface area (Å²) in [6.07, 6.45) is 8.13. The predicted molar refractivity (Wildman–Crippen MR) is 83.4 cm³/mol. The van der Waals surface area contributed by atoms with Gasteiger partial charge in [0, 0.05) is 0 Å². The highest BCUT2D eigenvalue weighted by Crippen LogP contribution is 2.35. The third kappa shape index (κ3) is 4.07. The van der Waals surface area contributed by atoms with Crippen molar-refractivity contribution >= 4 is 0 Å². The Morgan fingerprint density at radius 2 is 1.68 bits per heavy atom. The fourth-order valence-electron chi connectivity index (χ4n) is 3.51. The Bertz CT molecular complexity index is 360. The van der Waals surface area contributed by atoms with Crippen molar-refractivity contribution in [2.45, 2.75) is 58.3 Å². The molecule has 1 heteroatoms. The van der Waals surface area contributed by atoms with Gasteiger partial charge in [-0.25, -0.2) is 0 Å². The largest absolute Gasteiger partial charge is 0.330 e. The molecule has 1 atom stereocenters. The Labute approximate surface area is 118 Å². The van der Waals surface area contributed by atoms with Crippen LogP contribution in [0.3, 0.4) is 0 Å². The minimum Gasteiger partial charge on any atom is -0.330 e. The Morgan fingerprint density at radius 1 is 1.05 bits per heavy atom. The first-order valence-electron chi connectivity index (χ1n) is 7.99. The smallest absolute Gasteiger partial charge is 0.000556 e. The van der Waals surface area contributed by atoms with Crippen molar-refractivity contribution in [3.63, 3.8) is 0 Å². The average Bonchev–Trinajstić information content (AvgIpc) is 2.42. The van der Waals surface area contributed by atoms with Crippen LogP contribution in [0.5, 0.6) is 0 Å². The van der Waals surface area contributed by atoms with Gasteiger partial charge in [0.05, 0.1) is 0 Å². The second-order valence-electron chi connectivity index (χ2n) is 6.58. The van der Waals surface area contributed by atoms with Crippen LogP contribution < -0.4 is 5.73 Å². The quantitative estimate of drug-likeness (QED) is 0.827. The predicted octanol–water partition coefficient (Wildman–Crippen LogP) is 4.51. The summed E-state index contributed by atoms with van der Waals surface area (Å²) in [5, 5.41) is 0. The summed E-state index contributed by atoms with van der Waals surface area (Å²) in [6.45, 7) is 5.35. The molecule has 0 saturated heterocycles. The van der Waals surface area contributed by atoms with Crippen LogP contribution in [0.1, 0.15) is 63.0 Å². The van der Waals surface area contributed by atoms with E-state index in [0.29, 0.717) is 5.92 Å². The van der Waals surface area contributed by atoms with Gasteiger partial charge in [-0.2, -0.15) is 0 Å². The molecule has 1 aromatic rings. The van der Waals surface area contributed by atoms with E-state index in [-0.39, 0.29) is 0 Å². The van der Waals surface area contributed by atoms with Gasteiger partial charge in [-0.05, 0) is 54.7 Å². The molecule has 2 rings (SSSR count). The second kappa shape index (κ2) is 7.09. The molecule has 1 aliphatic carbocycles. The van der Waals surface area contributed by atoms with E-state index in [1.165, 1.54) is 49.7 Å². The van der Waals surface area contributed by atoms with Gasteiger partial charge in [0.25, 0.3) is 0 Å². The van der Waals surface area contributed by atoms with Crippen molar-refractivity contribution in [3.8, 4) is 0 Å². The zero-order valence-corrected chi connectivity index (χ0v) is 12.6. The van der Waals surface area contributed by atoms with Gasteiger partial charge in [0.1, 0.15) is 0 Å². The van der Waals surface area contributed by atoms with Gasteiger partial charge in [0.2, 0.25) is 0 Å². The van der Waals surface area contributed by atoms with Crippen LogP contribution in [0.4, 0.5) is 0 Å². The lowest BCUT2D eigenvalue weighted by atomic mass is 9.76. The number of nitrogens with two attached hydrogens (primary N) is 1. The van der Waals surface area contributed by atoms with Crippen molar-refractivity contribution in [3.05, 3.63) is 35.4 Å². The van der Waals surface area contributed by atoms with E-state index in [1.54, 1.807) is 0 Å². The van der Waals surface area contributed by atoms with Gasteiger partial charge in [-0.15, -0.1) is 0 Å². The Morgan fingerprint density at radius 3 is 2.21 bits per heavy atom. The summed E-state index contributed by atoms with van der Waals surface area (Å²) in [6, 6.07) is 9.26. The van der Waals surface area contributed by atoms with E-state index in [9.17, 15) is 0 Å². The average molecular weight is 259 g/mol. The highest BCUT2D eigenvalue weighted by Gasteiger charge is 2.23. The molecule has 1 aliphatic rings. The van der Waals surface area contributed by atoms with E-state index in [0.717, 1.165) is 18.4 Å². The Balaban J connectivity index is 2.05. The third-order valence-corrected chi connectivity index (χ3v) is 4.52. The molecule has 0 aliphatic heterocycles. The minimum atomic E-state index is 0.577. The molecule has 1 nitrogen and oxygen atoms in total. The van der Waals surface area contributed by atoms with Crippen LogP contribution >= 0.6 is 0 Å². The zero-order chi connectivity index (χ0) is 13.7. The number of rotatable bonds is 5. The number of benzene rings is 1. The van der Waals surface area contributed by atoms with E-state index < -0.39 is 0 Å². The zero-order valence-electron chi connectivity index (χ0n) is 12.6. The fraction of sp³-hybridized carbons (Fsp3) is 0.667. The molecule has 0 bridgehead atoms. The van der Waals surface area contributed by atoms with E-state index in [4.69, 9.17) is 5.73 Å². The van der Waals surface area contributed by atoms with Crippen molar-refractivity contribution in [1.29, 1.82) is 0 Å². The first kappa shape index (κ1) is 14.6. The number of hydrogen-bond donors (Lipinski definition) is 1. The van der Waals surface area contributed by atoms with E-state index >= 15 is 0 Å². The molecule has 106 valence electrons. The van der Waals surface area contributed by atoms with Crippen molar-refractivity contribution in [2.24, 2.45) is 17.6 Å². The van der Waals surface area contributed by atoms with Crippen LogP contribution in [-0.2, 0) is 6.42 Å². The number of hydrogen-bond acceptors (Lipinski definition) is 1. The SMILES string of the molecule is CC(C)Cc1ccc(C(CN)C2CCCCC2)cc1. The molecule has 1 fully saturated rings. The highest BCUT2D eigenvalue weighted by atomic mass is 14.6. The summed E-state index contributed by atoms with van der Waals surface area (Å²) in [7, 11) is 0. The Hall–Kier alpha value is -0.820. The molecule has 0 spiro atoms. The first-order chi connectivity index (χ1) is 9.20. The summed E-state index contributed by atoms with van der Waals surface area (Å²) < 4.78 is 0. The van der Waals surface area contributed by atoms with Crippen LogP contribution in [0.25, 0.3) is 0 Å². The molecule has 1 unspecified atom stereocenters. The second-order valence-corrected chi connectivity index (χ2v) is 6.58. The summed E-state index contributed by atoms with van der Waals surface area (Å²) in [5.74, 6) is 2.12. The third-order valence-electron chi connectivity index (χ3n) is 4.52. The molecule has 19 heavy (non-hydrogen) atoms. The highest BCUT2D eigenvalue weighted by molar-refractivity contribution is 5.26. The molecule has 1 aromatic carbocycles. The maximum Gasteiger partial charge on any atom is -0.000556 e. The molecule has 0 heterocycles. The lowest BCUT2D eigenvalue weighted by molar-refractivity contribution is 0.307. The molecule has 0 amide bonds. The molecular formula is C18H29N. The van der Waals surface area contributed by atoms with Gasteiger partial charge < -0.3 is 5.73 Å². The first-order valence-corrected chi connectivity index (χ1v) is 7.99. The topological polar surface area (TPSA) is 26.0 Å². The molecular weight excluding hydrogens is 230 g/mol. The normalized spacial score (nSPS) is 18.7. The summed E-state index contributed by atoms with van der Waals surface area (Å²) in [4.78, 5) is 0. The van der Waals surface area contributed by atoms with Gasteiger partial charge in [-0.1, -0.05) is 57.4 Å².